The SMILES string of the molecule is Cn1cnnc1CNCc1cn2cc(Cl)ccc2n1. The molecule has 0 spiro atoms. The lowest BCUT2D eigenvalue weighted by atomic mass is 10.4. The fraction of sp³-hybridized carbons (Fsp3) is 0.250. The average molecular weight is 277 g/mol. The van der Waals surface area contributed by atoms with E-state index in [2.05, 4.69) is 20.5 Å². The fourth-order valence-electron chi connectivity index (χ4n) is 1.87. The van der Waals surface area contributed by atoms with Crippen LogP contribution in [0.15, 0.2) is 30.9 Å². The zero-order valence-electron chi connectivity index (χ0n) is 10.4. The Balaban J connectivity index is 1.67. The van der Waals surface area contributed by atoms with E-state index < -0.39 is 0 Å². The highest BCUT2D eigenvalue weighted by Crippen LogP contribution is 2.11. The molecule has 0 aliphatic carbocycles. The monoisotopic (exact) mass is 276 g/mol. The molecule has 0 aliphatic heterocycles. The second kappa shape index (κ2) is 4.99. The van der Waals surface area contributed by atoms with E-state index in [1.165, 1.54) is 0 Å². The van der Waals surface area contributed by atoms with Crippen molar-refractivity contribution in [1.82, 2.24) is 29.5 Å². The second-order valence-electron chi connectivity index (χ2n) is 4.31. The number of hydrogen-bond donors (Lipinski definition) is 1. The summed E-state index contributed by atoms with van der Waals surface area (Å²) in [5.41, 5.74) is 1.85. The van der Waals surface area contributed by atoms with Gasteiger partial charge in [0.1, 0.15) is 17.8 Å². The number of pyridine rings is 1. The van der Waals surface area contributed by atoms with Crippen LogP contribution in [0.25, 0.3) is 5.65 Å². The Morgan fingerprint density at radius 3 is 2.95 bits per heavy atom. The first kappa shape index (κ1) is 12.1. The first-order chi connectivity index (χ1) is 9.22. The van der Waals surface area contributed by atoms with E-state index >= 15 is 0 Å². The van der Waals surface area contributed by atoms with Crippen molar-refractivity contribution in [3.05, 3.63) is 47.4 Å². The van der Waals surface area contributed by atoms with Gasteiger partial charge in [0.05, 0.1) is 17.3 Å². The van der Waals surface area contributed by atoms with Gasteiger partial charge in [0.2, 0.25) is 0 Å². The number of aryl methyl sites for hydroxylation is 1. The van der Waals surface area contributed by atoms with Crippen LogP contribution in [0.3, 0.4) is 0 Å². The number of aromatic nitrogens is 5. The minimum absolute atomic E-state index is 0.658. The quantitative estimate of drug-likeness (QED) is 0.783. The molecule has 0 fully saturated rings. The van der Waals surface area contributed by atoms with Crippen LogP contribution in [0.5, 0.6) is 0 Å². The van der Waals surface area contributed by atoms with Gasteiger partial charge in [-0.05, 0) is 12.1 Å². The normalized spacial score (nSPS) is 11.3. The largest absolute Gasteiger partial charge is 0.320 e. The third kappa shape index (κ3) is 2.59. The molecule has 0 unspecified atom stereocenters. The number of imidazole rings is 1. The molecule has 0 aromatic carbocycles. The molecule has 0 amide bonds. The van der Waals surface area contributed by atoms with Crippen LogP contribution in [-0.4, -0.2) is 24.1 Å². The van der Waals surface area contributed by atoms with Crippen LogP contribution in [0.2, 0.25) is 5.02 Å². The number of nitrogens with zero attached hydrogens (tertiary/aromatic N) is 5. The minimum atomic E-state index is 0.658. The molecular formula is C12H13ClN6. The van der Waals surface area contributed by atoms with Gasteiger partial charge in [-0.2, -0.15) is 0 Å². The van der Waals surface area contributed by atoms with E-state index in [9.17, 15) is 0 Å². The van der Waals surface area contributed by atoms with Crippen molar-refractivity contribution in [2.45, 2.75) is 13.1 Å². The van der Waals surface area contributed by atoms with Crippen molar-refractivity contribution in [3.8, 4) is 0 Å². The molecule has 3 heterocycles. The maximum atomic E-state index is 5.94. The first-order valence-corrected chi connectivity index (χ1v) is 6.27. The Morgan fingerprint density at radius 2 is 2.16 bits per heavy atom. The molecular weight excluding hydrogens is 264 g/mol. The van der Waals surface area contributed by atoms with Gasteiger partial charge in [-0.3, -0.25) is 0 Å². The molecule has 7 heteroatoms. The molecule has 98 valence electrons. The highest BCUT2D eigenvalue weighted by atomic mass is 35.5. The Bertz CT molecular complexity index is 701. The smallest absolute Gasteiger partial charge is 0.146 e. The molecule has 3 aromatic heterocycles. The summed E-state index contributed by atoms with van der Waals surface area (Å²) < 4.78 is 3.80. The predicted molar refractivity (Wildman–Crippen MR) is 71.7 cm³/mol. The highest BCUT2D eigenvalue weighted by molar-refractivity contribution is 6.30. The van der Waals surface area contributed by atoms with E-state index in [-0.39, 0.29) is 0 Å². The molecule has 6 nitrogen and oxygen atoms in total. The maximum Gasteiger partial charge on any atom is 0.146 e. The Labute approximate surface area is 115 Å². The van der Waals surface area contributed by atoms with Crippen LogP contribution in [0, 0.1) is 0 Å². The molecule has 1 N–H and O–H groups in total. The van der Waals surface area contributed by atoms with Crippen LogP contribution < -0.4 is 5.32 Å². The molecule has 0 atom stereocenters. The molecule has 3 aromatic rings. The fourth-order valence-corrected chi connectivity index (χ4v) is 2.04. The van der Waals surface area contributed by atoms with E-state index in [0.717, 1.165) is 17.2 Å². The molecule has 0 saturated heterocycles. The highest BCUT2D eigenvalue weighted by Gasteiger charge is 2.03. The van der Waals surface area contributed by atoms with Gasteiger partial charge in [0.25, 0.3) is 0 Å². The summed E-state index contributed by atoms with van der Waals surface area (Å²) in [6.45, 7) is 1.33. The van der Waals surface area contributed by atoms with Crippen molar-refractivity contribution in [1.29, 1.82) is 0 Å². The van der Waals surface area contributed by atoms with Crippen LogP contribution in [-0.2, 0) is 20.1 Å². The van der Waals surface area contributed by atoms with Crippen LogP contribution >= 0.6 is 11.6 Å². The number of fused-ring (bicyclic) bond motifs is 1. The third-order valence-corrected chi connectivity index (χ3v) is 3.08. The van der Waals surface area contributed by atoms with E-state index in [1.54, 1.807) is 6.33 Å². The number of rotatable bonds is 4. The van der Waals surface area contributed by atoms with Crippen molar-refractivity contribution >= 4 is 17.2 Å². The van der Waals surface area contributed by atoms with Gasteiger partial charge in [0.15, 0.2) is 0 Å². The average Bonchev–Trinajstić information content (AvgIpc) is 2.95. The van der Waals surface area contributed by atoms with Crippen molar-refractivity contribution < 1.29 is 0 Å². The third-order valence-electron chi connectivity index (χ3n) is 2.86. The lowest BCUT2D eigenvalue weighted by Crippen LogP contribution is -2.15. The summed E-state index contributed by atoms with van der Waals surface area (Å²) in [6.07, 6.45) is 5.49. The number of nitrogens with one attached hydrogen (secondary N) is 1. The lowest BCUT2D eigenvalue weighted by molar-refractivity contribution is 0.631. The van der Waals surface area contributed by atoms with Gasteiger partial charge >= 0.3 is 0 Å². The molecule has 0 saturated carbocycles. The maximum absolute atomic E-state index is 5.94. The summed E-state index contributed by atoms with van der Waals surface area (Å²) in [5, 5.41) is 11.8. The van der Waals surface area contributed by atoms with Crippen LogP contribution in [0.1, 0.15) is 11.5 Å². The summed E-state index contributed by atoms with van der Waals surface area (Å²) in [7, 11) is 1.92. The topological polar surface area (TPSA) is 60.0 Å². The van der Waals surface area contributed by atoms with Gasteiger partial charge in [-0.15, -0.1) is 10.2 Å². The lowest BCUT2D eigenvalue weighted by Gasteiger charge is -2.01. The van der Waals surface area contributed by atoms with E-state index in [0.29, 0.717) is 18.1 Å². The van der Waals surface area contributed by atoms with Crippen molar-refractivity contribution in [2.75, 3.05) is 0 Å². The van der Waals surface area contributed by atoms with Gasteiger partial charge in [-0.1, -0.05) is 11.6 Å². The standard InChI is InChI=1S/C12H13ClN6/c1-18-8-15-17-12(18)5-14-4-10-7-19-6-9(13)2-3-11(19)16-10/h2-3,6-8,14H,4-5H2,1H3. The zero-order valence-corrected chi connectivity index (χ0v) is 11.2. The Kier molecular flexibility index (Phi) is 3.18. The van der Waals surface area contributed by atoms with Gasteiger partial charge in [-0.25, -0.2) is 4.98 Å². The summed E-state index contributed by atoms with van der Waals surface area (Å²) in [4.78, 5) is 4.49. The molecule has 0 radical (unpaired) electrons. The number of halogens is 1. The number of hydrogen-bond acceptors (Lipinski definition) is 4. The van der Waals surface area contributed by atoms with Crippen LogP contribution in [0.4, 0.5) is 0 Å². The van der Waals surface area contributed by atoms with Crippen molar-refractivity contribution in [3.63, 3.8) is 0 Å². The second-order valence-corrected chi connectivity index (χ2v) is 4.74. The van der Waals surface area contributed by atoms with Gasteiger partial charge in [0, 0.05) is 26.0 Å². The molecule has 19 heavy (non-hydrogen) atoms. The summed E-state index contributed by atoms with van der Waals surface area (Å²) in [5.74, 6) is 0.895. The first-order valence-electron chi connectivity index (χ1n) is 5.89. The Hall–Kier alpha value is -1.92. The summed E-state index contributed by atoms with van der Waals surface area (Å²) in [6, 6.07) is 3.73. The molecule has 0 aliphatic rings. The molecule has 0 bridgehead atoms. The summed E-state index contributed by atoms with van der Waals surface area (Å²) >= 11 is 5.94. The predicted octanol–water partition coefficient (Wildman–Crippen LogP) is 1.41. The van der Waals surface area contributed by atoms with Gasteiger partial charge < -0.3 is 14.3 Å². The Morgan fingerprint density at radius 1 is 1.26 bits per heavy atom. The van der Waals surface area contributed by atoms with Crippen molar-refractivity contribution in [2.24, 2.45) is 7.05 Å². The van der Waals surface area contributed by atoms with E-state index in [1.807, 2.05) is 40.5 Å². The zero-order chi connectivity index (χ0) is 13.2. The minimum Gasteiger partial charge on any atom is -0.320 e. The molecule has 3 rings (SSSR count). The van der Waals surface area contributed by atoms with E-state index in [4.69, 9.17) is 11.6 Å².